The number of hydrogen-bond donors (Lipinski definition) is 0. The van der Waals surface area contributed by atoms with Gasteiger partial charge in [-0.25, -0.2) is 59.8 Å². The van der Waals surface area contributed by atoms with Crippen molar-refractivity contribution in [3.05, 3.63) is 459 Å². The van der Waals surface area contributed by atoms with Crippen LogP contribution in [-0.4, -0.2) is 59.8 Å². The fourth-order valence-electron chi connectivity index (χ4n) is 17.4. The smallest absolute Gasteiger partial charge is 0.164 e. The van der Waals surface area contributed by atoms with Gasteiger partial charge in [-0.05, 0) is 105 Å². The molecule has 624 valence electrons. The summed E-state index contributed by atoms with van der Waals surface area (Å²) in [5.74, 6) is 7.62. The van der Waals surface area contributed by atoms with Crippen molar-refractivity contribution in [2.45, 2.75) is 64.2 Å². The Morgan fingerprint density at radius 1 is 0.123 bits per heavy atom. The Balaban J connectivity index is 0.000000168. The van der Waals surface area contributed by atoms with Gasteiger partial charge in [0.1, 0.15) is 0 Å². The van der Waals surface area contributed by atoms with Crippen LogP contribution in [-0.2, 0) is 10.8 Å². The van der Waals surface area contributed by atoms with Crippen molar-refractivity contribution in [3.8, 4) is 181 Å². The third kappa shape index (κ3) is 18.0. The van der Waals surface area contributed by atoms with E-state index < -0.39 is 0 Å². The average Bonchev–Trinajstić information content (AvgIpc) is 0.773. The molecule has 16 aromatic carbocycles. The third-order valence-corrected chi connectivity index (χ3v) is 24.8. The highest BCUT2D eigenvalue weighted by atomic mass is 15.1. The molecule has 0 N–H and O–H groups in total. The van der Waals surface area contributed by atoms with Crippen LogP contribution in [0.2, 0.25) is 0 Å². The van der Waals surface area contributed by atoms with E-state index in [2.05, 4.69) is 319 Å². The summed E-state index contributed by atoms with van der Waals surface area (Å²) in [5, 5.41) is 0. The molecule has 0 aliphatic heterocycles. The van der Waals surface area contributed by atoms with Crippen molar-refractivity contribution >= 4 is 0 Å². The summed E-state index contributed by atoms with van der Waals surface area (Å²) in [5.41, 5.74) is 24.8. The summed E-state index contributed by atoms with van der Waals surface area (Å²) in [7, 11) is 0. The molecule has 12 heteroatoms. The first-order valence-corrected chi connectivity index (χ1v) is 44.5. The first-order chi connectivity index (χ1) is 64.1. The van der Waals surface area contributed by atoms with Crippen LogP contribution in [0.5, 0.6) is 0 Å². The predicted octanol–water partition coefficient (Wildman–Crippen LogP) is 29.0. The van der Waals surface area contributed by atoms with Crippen molar-refractivity contribution in [2.24, 2.45) is 0 Å². The highest BCUT2D eigenvalue weighted by Gasteiger charge is 2.33. The van der Waals surface area contributed by atoms with Gasteiger partial charge in [-0.15, -0.1) is 0 Å². The van der Waals surface area contributed by atoms with E-state index >= 15 is 0 Å². The van der Waals surface area contributed by atoms with Crippen LogP contribution >= 0.6 is 0 Å². The van der Waals surface area contributed by atoms with E-state index in [0.717, 1.165) is 126 Å². The minimum absolute atomic E-state index is 0.225. The van der Waals surface area contributed by atoms with E-state index in [1.807, 2.05) is 146 Å². The van der Waals surface area contributed by atoms with Crippen molar-refractivity contribution in [1.29, 1.82) is 0 Å². The average molecular weight is 1680 g/mol. The van der Waals surface area contributed by atoms with E-state index in [1.54, 1.807) is 0 Å². The minimum Gasteiger partial charge on any atom is -0.208 e. The van der Waals surface area contributed by atoms with Gasteiger partial charge in [0.2, 0.25) is 0 Å². The van der Waals surface area contributed by atoms with Crippen LogP contribution < -0.4 is 0 Å². The van der Waals surface area contributed by atoms with Crippen molar-refractivity contribution in [2.75, 3.05) is 0 Å². The molecule has 20 aromatic rings. The number of aromatic nitrogens is 12. The lowest BCUT2D eigenvalue weighted by Crippen LogP contribution is -2.26. The van der Waals surface area contributed by atoms with Gasteiger partial charge in [0.25, 0.3) is 0 Å². The Bertz CT molecular complexity index is 6790. The Labute approximate surface area is 759 Å². The number of nitrogens with zero attached hydrogens (tertiary/aromatic N) is 12. The van der Waals surface area contributed by atoms with Crippen LogP contribution in [0.1, 0.15) is 75.6 Å². The lowest BCUT2D eigenvalue weighted by molar-refractivity contribution is 0.478. The van der Waals surface area contributed by atoms with Gasteiger partial charge < -0.3 is 0 Å². The molecule has 12 nitrogen and oxygen atoms in total. The number of benzene rings is 16. The van der Waals surface area contributed by atoms with E-state index in [0.29, 0.717) is 69.9 Å². The molecule has 0 bridgehead atoms. The summed E-state index contributed by atoms with van der Waals surface area (Å²) in [6, 6.07) is 151. The molecule has 0 saturated heterocycles. The molecule has 0 radical (unpaired) electrons. The molecule has 0 spiro atoms. The zero-order valence-electron chi connectivity index (χ0n) is 72.8. The molecular formula is C118H92N12. The maximum absolute atomic E-state index is 5.09. The van der Waals surface area contributed by atoms with Gasteiger partial charge in [-0.3, -0.25) is 0 Å². The predicted molar refractivity (Wildman–Crippen MR) is 529 cm³/mol. The second-order valence-corrected chi connectivity index (χ2v) is 32.4. The summed E-state index contributed by atoms with van der Waals surface area (Å²) in [4.78, 5) is 60.4. The SMILES string of the molecule is CCC(CC)(c1ccc(-c2nc(-c3ccccc3)nc(-c3ccc(-c4ccccc4)cc3)n2)cc1)c1ccc(-c2nc(-c3ccccc3)nc(-c3ccc(-c4ccccc4)cc3)n2)cc1.CCC(CC)(c1ccc(-c2nc(-c3ccccc3)nc(-c3cccc(-c4ccccc4)c3)n2)cc1)c1ccc(-c2nc(-c3ccccc3)nc(-c3cccc(-c4ccccc4)c3)n2)cc1. The maximum atomic E-state index is 5.09. The van der Waals surface area contributed by atoms with E-state index in [-0.39, 0.29) is 10.8 Å². The Morgan fingerprint density at radius 2 is 0.246 bits per heavy atom. The van der Waals surface area contributed by atoms with Crippen LogP contribution in [0.25, 0.3) is 181 Å². The summed E-state index contributed by atoms with van der Waals surface area (Å²) in [6.07, 6.45) is 3.67. The van der Waals surface area contributed by atoms with Gasteiger partial charge in [0, 0.05) is 77.6 Å². The summed E-state index contributed by atoms with van der Waals surface area (Å²) < 4.78 is 0. The topological polar surface area (TPSA) is 155 Å². The molecule has 4 aromatic heterocycles. The normalized spacial score (nSPS) is 11.4. The van der Waals surface area contributed by atoms with Gasteiger partial charge in [-0.1, -0.05) is 452 Å². The largest absolute Gasteiger partial charge is 0.208 e. The molecule has 0 unspecified atom stereocenters. The summed E-state index contributed by atoms with van der Waals surface area (Å²) in [6.45, 7) is 9.08. The molecule has 0 atom stereocenters. The second kappa shape index (κ2) is 38.2. The second-order valence-electron chi connectivity index (χ2n) is 32.4. The quantitative estimate of drug-likeness (QED) is 0.0565. The van der Waals surface area contributed by atoms with E-state index in [1.165, 1.54) is 33.4 Å². The minimum atomic E-state index is -0.230. The van der Waals surface area contributed by atoms with Crippen LogP contribution in [0.15, 0.2) is 437 Å². The van der Waals surface area contributed by atoms with Crippen molar-refractivity contribution in [3.63, 3.8) is 0 Å². The first-order valence-electron chi connectivity index (χ1n) is 44.5. The zero-order valence-corrected chi connectivity index (χ0v) is 72.8. The number of hydrogen-bond acceptors (Lipinski definition) is 12. The van der Waals surface area contributed by atoms with Crippen LogP contribution in [0, 0.1) is 0 Å². The van der Waals surface area contributed by atoms with Gasteiger partial charge in [0.15, 0.2) is 69.9 Å². The fraction of sp³-hybridized carbons (Fsp3) is 0.0847. The lowest BCUT2D eigenvalue weighted by atomic mass is 9.70. The van der Waals surface area contributed by atoms with Crippen molar-refractivity contribution in [1.82, 2.24) is 59.8 Å². The molecule has 0 aliphatic rings. The third-order valence-electron chi connectivity index (χ3n) is 24.8. The Morgan fingerprint density at radius 3 is 0.431 bits per heavy atom. The van der Waals surface area contributed by atoms with Gasteiger partial charge in [0.05, 0.1) is 0 Å². The lowest BCUT2D eigenvalue weighted by Gasteiger charge is -2.33. The molecule has 0 amide bonds. The standard InChI is InChI=1S/2C59H46N6/c1-3-59(4-2,51-35-31-45(32-36-51)55-60-53(43-23-13-7-14-24-43)62-57(64-55)49-29-17-27-47(39-49)41-19-9-5-10-20-41)52-37-33-46(34-38-52)56-61-54(44-25-15-8-16-26-44)63-58(65-56)50-30-18-28-48(40-50)42-21-11-6-12-22-42;1-3-59(4-2,51-37-33-49(34-38-51)57-62-53(45-21-13-7-14-22-45)60-55(64-57)47-29-25-43(26-30-47)41-17-9-5-10-18-41)52-39-35-50(36-40-52)58-63-54(46-23-15-8-16-24-46)61-56(65-58)48-31-27-44(28-32-48)42-19-11-6-12-20-42/h2*5-40H,3-4H2,1-2H3. The van der Waals surface area contributed by atoms with Gasteiger partial charge in [-0.2, -0.15) is 0 Å². The highest BCUT2D eigenvalue weighted by Crippen LogP contribution is 2.44. The van der Waals surface area contributed by atoms with Crippen molar-refractivity contribution < 1.29 is 0 Å². The molecule has 0 fully saturated rings. The molecular weight excluding hydrogens is 1590 g/mol. The molecule has 0 saturated carbocycles. The highest BCUT2D eigenvalue weighted by molar-refractivity contribution is 5.78. The fourth-order valence-corrected chi connectivity index (χ4v) is 17.4. The Kier molecular flexibility index (Phi) is 24.4. The zero-order chi connectivity index (χ0) is 88.0. The summed E-state index contributed by atoms with van der Waals surface area (Å²) >= 11 is 0. The first kappa shape index (κ1) is 83.1. The van der Waals surface area contributed by atoms with Crippen LogP contribution in [0.4, 0.5) is 0 Å². The van der Waals surface area contributed by atoms with E-state index in [9.17, 15) is 0 Å². The molecule has 4 heterocycles. The van der Waals surface area contributed by atoms with Crippen LogP contribution in [0.3, 0.4) is 0 Å². The maximum Gasteiger partial charge on any atom is 0.164 e. The monoisotopic (exact) mass is 1680 g/mol. The molecule has 0 aliphatic carbocycles. The van der Waals surface area contributed by atoms with Gasteiger partial charge >= 0.3 is 0 Å². The molecule has 20 rings (SSSR count). The Hall–Kier alpha value is -16.4. The molecule has 130 heavy (non-hydrogen) atoms. The number of rotatable bonds is 24. The van der Waals surface area contributed by atoms with E-state index in [4.69, 9.17) is 59.8 Å².